The van der Waals surface area contributed by atoms with Gasteiger partial charge in [0.2, 0.25) is 17.4 Å². The first-order chi connectivity index (χ1) is 19.7. The molecule has 41 heavy (non-hydrogen) atoms. The van der Waals surface area contributed by atoms with Crippen molar-refractivity contribution in [2.45, 2.75) is 18.0 Å². The molecule has 0 aromatic carbocycles. The van der Waals surface area contributed by atoms with Crippen LogP contribution in [-0.2, 0) is 25.8 Å². The van der Waals surface area contributed by atoms with Crippen molar-refractivity contribution in [3.8, 4) is 0 Å². The molecule has 2 aliphatic rings. The number of imidazole rings is 1. The van der Waals surface area contributed by atoms with Crippen LogP contribution in [0.5, 0.6) is 0 Å². The molecule has 2 aliphatic heterocycles. The minimum absolute atomic E-state index is 0.0534. The number of anilines is 2. The number of pyridine rings is 1. The number of alkyl halides is 1. The van der Waals surface area contributed by atoms with Gasteiger partial charge in [-0.1, -0.05) is 5.16 Å². The number of fused-ring (bicyclic) bond motifs is 2. The molecule has 5 heterocycles. The number of amides is 4. The second-order valence-electron chi connectivity index (χ2n) is 8.59. The first-order valence-corrected chi connectivity index (χ1v) is 13.6. The number of oxime groups is 1. The maximum Gasteiger partial charge on any atom is 0.352 e. The molecule has 1 saturated heterocycles. The fourth-order valence-corrected chi connectivity index (χ4v) is 6.14. The van der Waals surface area contributed by atoms with Crippen LogP contribution in [0.15, 0.2) is 47.0 Å². The number of nitrogens with zero attached hydrogens (tertiary/aromatic N) is 6. The number of nitrogen functional groups attached to an aromatic ring is 1. The lowest BCUT2D eigenvalue weighted by Crippen LogP contribution is -2.71. The molecular weight excluding hydrogens is 583 g/mol. The number of aliphatic carboxylic acids is 1. The van der Waals surface area contributed by atoms with E-state index in [2.05, 4.69) is 25.1 Å². The molecule has 2 atom stereocenters. The number of nitrogens with two attached hydrogens (primary N) is 2. The normalized spacial score (nSPS) is 18.6. The number of hydrogen-bond acceptors (Lipinski definition) is 11. The second kappa shape index (κ2) is 11.4. The molecule has 0 aliphatic carbocycles. The summed E-state index contributed by atoms with van der Waals surface area (Å²) in [5.74, 6) is -2.31. The summed E-state index contributed by atoms with van der Waals surface area (Å²) < 4.78 is 19.8. The monoisotopic (exact) mass is 605 g/mol. The molecule has 3 aromatic heterocycles. The Bertz CT molecular complexity index is 1620. The number of primary amides is 1. The summed E-state index contributed by atoms with van der Waals surface area (Å²) in [4.78, 5) is 59.6. The van der Waals surface area contributed by atoms with Crippen molar-refractivity contribution < 1.29 is 38.1 Å². The van der Waals surface area contributed by atoms with Gasteiger partial charge in [0.1, 0.15) is 49.3 Å². The molecule has 7 N–H and O–H groups in total. The number of rotatable bonds is 10. The highest BCUT2D eigenvalue weighted by Crippen LogP contribution is 2.40. The fraction of sp³-hybridized carbons (Fsp3) is 0.273. The predicted octanol–water partition coefficient (Wildman–Crippen LogP) is -0.720. The van der Waals surface area contributed by atoms with Gasteiger partial charge >= 0.3 is 12.0 Å². The summed E-state index contributed by atoms with van der Waals surface area (Å²) in [6.07, 6.45) is 3.39. The lowest BCUT2D eigenvalue weighted by Gasteiger charge is -2.49. The number of halogens is 1. The van der Waals surface area contributed by atoms with Gasteiger partial charge in [-0.2, -0.15) is 13.8 Å². The second-order valence-corrected chi connectivity index (χ2v) is 10.5. The Hall–Kier alpha value is -4.78. The first kappa shape index (κ1) is 27.8. The first-order valence-electron chi connectivity index (χ1n) is 11.8. The SMILES string of the molecule is NC(=O)Nc1cccc2n1cc[n+]2CC1=C(C(=O)O)N2C(=O)[C@@H](NC(=O)/C(=N\OCCF)c3nsc(N)n3)[C@H]2SC1. The van der Waals surface area contributed by atoms with Crippen LogP contribution in [-0.4, -0.2) is 83.7 Å². The van der Waals surface area contributed by atoms with E-state index in [1.165, 1.54) is 11.8 Å². The number of carbonyl (C=O) groups excluding carboxylic acids is 3. The highest BCUT2D eigenvalue weighted by molar-refractivity contribution is 8.00. The Kier molecular flexibility index (Phi) is 7.70. The maximum atomic E-state index is 13.1. The Morgan fingerprint density at radius 3 is 2.83 bits per heavy atom. The molecule has 0 radical (unpaired) electrons. The minimum atomic E-state index is -1.30. The third kappa shape index (κ3) is 5.35. The van der Waals surface area contributed by atoms with E-state index in [-0.39, 0.29) is 29.0 Å². The Morgan fingerprint density at radius 1 is 1.34 bits per heavy atom. The molecule has 1 fully saturated rings. The largest absolute Gasteiger partial charge is 0.477 e. The lowest BCUT2D eigenvalue weighted by atomic mass is 10.0. The van der Waals surface area contributed by atoms with Crippen molar-refractivity contribution in [2.75, 3.05) is 30.1 Å². The molecule has 4 amide bonds. The average Bonchev–Trinajstić information content (AvgIpc) is 3.55. The van der Waals surface area contributed by atoms with E-state index in [0.29, 0.717) is 17.0 Å². The quantitative estimate of drug-likeness (QED) is 0.0641. The van der Waals surface area contributed by atoms with Gasteiger partial charge in [-0.15, -0.1) is 11.8 Å². The number of nitrogens with one attached hydrogen (secondary N) is 2. The van der Waals surface area contributed by atoms with Crippen LogP contribution in [0.4, 0.5) is 20.1 Å². The highest BCUT2D eigenvalue weighted by atomic mass is 32.2. The summed E-state index contributed by atoms with van der Waals surface area (Å²) in [6.45, 7) is -1.13. The number of hydrogen-bond donors (Lipinski definition) is 5. The van der Waals surface area contributed by atoms with Crippen LogP contribution in [0.25, 0.3) is 5.65 Å². The smallest absolute Gasteiger partial charge is 0.352 e. The van der Waals surface area contributed by atoms with Crippen LogP contribution in [0.1, 0.15) is 5.82 Å². The van der Waals surface area contributed by atoms with Crippen LogP contribution in [0, 0.1) is 0 Å². The molecule has 214 valence electrons. The van der Waals surface area contributed by atoms with E-state index >= 15 is 0 Å². The van der Waals surface area contributed by atoms with E-state index < -0.39 is 54.2 Å². The van der Waals surface area contributed by atoms with Crippen molar-refractivity contribution >= 4 is 69.4 Å². The van der Waals surface area contributed by atoms with Gasteiger partial charge in [-0.05, 0) is 6.07 Å². The summed E-state index contributed by atoms with van der Waals surface area (Å²) in [6, 6.07) is 3.32. The summed E-state index contributed by atoms with van der Waals surface area (Å²) in [5.41, 5.74) is 11.3. The standard InChI is InChI=1S/C22H21FN10O6S2/c23-4-7-39-29-13(16-28-22(25)41-30-16)17(34)27-14-18(35)33-15(20(36)37)10(9-40-19(14)33)8-31-5-6-32-11(26-21(24)38)2-1-3-12(31)32/h1-3,5-6,14,19H,4,7-9H2,(H6,24,25,27,28,30,34,36,37,38)/p+1/b29-13-/t14-,19-/m1/s1. The zero-order valence-electron chi connectivity index (χ0n) is 20.9. The topological polar surface area (TPSA) is 224 Å². The Balaban J connectivity index is 1.36. The van der Waals surface area contributed by atoms with E-state index in [9.17, 15) is 28.7 Å². The molecule has 5 rings (SSSR count). The number of carboxylic acid groups (broad SMARTS) is 1. The molecular formula is C22H22FN10O6S2+. The fourth-order valence-electron chi connectivity index (χ4n) is 4.37. The van der Waals surface area contributed by atoms with Gasteiger partial charge in [0, 0.05) is 35.0 Å². The van der Waals surface area contributed by atoms with Crippen molar-refractivity contribution in [2.24, 2.45) is 10.9 Å². The van der Waals surface area contributed by atoms with Crippen molar-refractivity contribution in [3.63, 3.8) is 0 Å². The van der Waals surface area contributed by atoms with Gasteiger partial charge in [0.15, 0.2) is 5.13 Å². The van der Waals surface area contributed by atoms with E-state index in [1.54, 1.807) is 39.6 Å². The minimum Gasteiger partial charge on any atom is -0.477 e. The third-order valence-corrected chi connectivity index (χ3v) is 7.92. The number of thioether (sulfide) groups is 1. The van der Waals surface area contributed by atoms with Gasteiger partial charge in [-0.3, -0.25) is 19.8 Å². The van der Waals surface area contributed by atoms with Crippen molar-refractivity contribution in [1.29, 1.82) is 0 Å². The van der Waals surface area contributed by atoms with Crippen LogP contribution in [0.3, 0.4) is 0 Å². The van der Waals surface area contributed by atoms with Gasteiger partial charge in [0.05, 0.1) is 0 Å². The van der Waals surface area contributed by atoms with Gasteiger partial charge in [-0.25, -0.2) is 18.5 Å². The Morgan fingerprint density at radius 2 is 2.15 bits per heavy atom. The number of β-lactam (4-membered cyclic amide) rings is 1. The van der Waals surface area contributed by atoms with Crippen LogP contribution in [0.2, 0.25) is 0 Å². The lowest BCUT2D eigenvalue weighted by molar-refractivity contribution is -0.662. The number of urea groups is 1. The molecule has 0 unspecified atom stereocenters. The van der Waals surface area contributed by atoms with Gasteiger partial charge < -0.3 is 26.7 Å². The highest BCUT2D eigenvalue weighted by Gasteiger charge is 2.54. The molecule has 19 heteroatoms. The van der Waals surface area contributed by atoms with Crippen LogP contribution < -0.4 is 26.7 Å². The summed E-state index contributed by atoms with van der Waals surface area (Å²) >= 11 is 2.08. The molecule has 0 saturated carbocycles. The zero-order valence-corrected chi connectivity index (χ0v) is 22.5. The van der Waals surface area contributed by atoms with E-state index in [0.717, 1.165) is 16.4 Å². The summed E-state index contributed by atoms with van der Waals surface area (Å²) in [7, 11) is 0. The summed E-state index contributed by atoms with van der Waals surface area (Å²) in [5, 5.41) is 18.0. The van der Waals surface area contributed by atoms with E-state index in [4.69, 9.17) is 16.3 Å². The van der Waals surface area contributed by atoms with E-state index in [1.807, 2.05) is 0 Å². The van der Waals surface area contributed by atoms with Crippen molar-refractivity contribution in [3.05, 3.63) is 47.7 Å². The Labute approximate surface area is 238 Å². The predicted molar refractivity (Wildman–Crippen MR) is 143 cm³/mol. The number of carbonyl (C=O) groups is 4. The van der Waals surface area contributed by atoms with Gasteiger partial charge in [0.25, 0.3) is 17.5 Å². The maximum absolute atomic E-state index is 13.1. The average molecular weight is 606 g/mol. The molecule has 0 bridgehead atoms. The molecule has 0 spiro atoms. The third-order valence-electron chi connectivity index (χ3n) is 6.04. The van der Waals surface area contributed by atoms with Crippen LogP contribution >= 0.6 is 23.3 Å². The number of aromatic nitrogens is 4. The number of carboxylic acids is 1. The zero-order chi connectivity index (χ0) is 29.3. The van der Waals surface area contributed by atoms with Crippen molar-refractivity contribution in [1.82, 2.24) is 24.0 Å². The molecule has 3 aromatic rings. The molecule has 16 nitrogen and oxygen atoms in total.